The first-order valence-corrected chi connectivity index (χ1v) is 8.24. The van der Waals surface area contributed by atoms with Gasteiger partial charge in [-0.15, -0.1) is 0 Å². The largest absolute Gasteiger partial charge is 1.00 e. The molecule has 2 rings (SSSR count). The predicted octanol–water partition coefficient (Wildman–Crippen LogP) is 1.56. The fraction of sp³-hybridized carbons (Fsp3) is 0.588. The summed E-state index contributed by atoms with van der Waals surface area (Å²) >= 11 is 0. The van der Waals surface area contributed by atoms with Crippen LogP contribution in [0.5, 0.6) is 5.75 Å². The van der Waals surface area contributed by atoms with E-state index < -0.39 is 0 Å². The Kier molecular flexibility index (Phi) is 8.35. The number of benzene rings is 1. The van der Waals surface area contributed by atoms with E-state index in [4.69, 9.17) is 10.3 Å². The van der Waals surface area contributed by atoms with Crippen molar-refractivity contribution in [3.63, 3.8) is 0 Å². The maximum atomic E-state index is 8.24. The molecule has 0 atom stereocenters. The summed E-state index contributed by atoms with van der Waals surface area (Å²) in [6, 6.07) is 7.09. The molecule has 0 saturated carbocycles. The molecule has 0 N–H and O–H groups in total. The average molecular weight is 443 g/mol. The van der Waals surface area contributed by atoms with Crippen molar-refractivity contribution in [2.75, 3.05) is 13.2 Å². The highest BCUT2D eigenvalue weighted by Gasteiger charge is 2.20. The molecule has 1 heterocycles. The molecule has 0 aliphatic carbocycles. The third-order valence-electron chi connectivity index (χ3n) is 3.85. The van der Waals surface area contributed by atoms with Gasteiger partial charge in [0.15, 0.2) is 11.0 Å². The van der Waals surface area contributed by atoms with Gasteiger partial charge in [-0.2, -0.15) is 0 Å². The molecule has 0 bridgehead atoms. The molecule has 1 aromatic carbocycles. The third-order valence-corrected chi connectivity index (χ3v) is 3.85. The van der Waals surface area contributed by atoms with Crippen molar-refractivity contribution in [3.05, 3.63) is 35.0 Å². The van der Waals surface area contributed by atoms with E-state index in [-0.39, 0.29) is 24.0 Å². The Morgan fingerprint density at radius 3 is 2.62 bits per heavy atom. The van der Waals surface area contributed by atoms with Gasteiger partial charge in [-0.3, -0.25) is 0 Å². The van der Waals surface area contributed by atoms with E-state index in [1.54, 1.807) is 0 Å². The second kappa shape index (κ2) is 9.74. The topological polar surface area (TPSA) is 66.8 Å². The zero-order valence-electron chi connectivity index (χ0n) is 14.8. The van der Waals surface area contributed by atoms with Crippen LogP contribution in [0.3, 0.4) is 0 Å². The summed E-state index contributed by atoms with van der Waals surface area (Å²) in [7, 11) is 0. The molecule has 0 unspecified atom stereocenters. The number of azide groups is 1. The first kappa shape index (κ1) is 20.6. The van der Waals surface area contributed by atoms with E-state index in [1.807, 2.05) is 6.07 Å². The normalized spacial score (nSPS) is 10.8. The van der Waals surface area contributed by atoms with Crippen LogP contribution in [-0.2, 0) is 0 Å². The highest BCUT2D eigenvalue weighted by Crippen LogP contribution is 2.23. The summed E-state index contributed by atoms with van der Waals surface area (Å²) in [5, 5.41) is 3.53. The Hall–Kier alpha value is -1.47. The van der Waals surface area contributed by atoms with Gasteiger partial charge in [-0.1, -0.05) is 5.11 Å². The summed E-state index contributed by atoms with van der Waals surface area (Å²) in [5.41, 5.74) is 10.7. The average Bonchev–Trinajstić information content (AvgIpc) is 2.90. The monoisotopic (exact) mass is 443 g/mol. The molecule has 132 valence electrons. The second-order valence-electron chi connectivity index (χ2n) is 6.28. The maximum absolute atomic E-state index is 8.24. The van der Waals surface area contributed by atoms with Crippen molar-refractivity contribution in [3.8, 4) is 5.75 Å². The fourth-order valence-electron chi connectivity index (χ4n) is 2.62. The van der Waals surface area contributed by atoms with Crippen molar-refractivity contribution in [2.24, 2.45) is 5.11 Å². The van der Waals surface area contributed by atoms with Gasteiger partial charge in [-0.05, 0) is 58.2 Å². The molecule has 0 radical (unpaired) electrons. The van der Waals surface area contributed by atoms with Crippen molar-refractivity contribution in [2.45, 2.75) is 52.6 Å². The minimum absolute atomic E-state index is 0. The van der Waals surface area contributed by atoms with Crippen LogP contribution in [0.4, 0.5) is 0 Å². The number of halogens is 1. The predicted molar refractivity (Wildman–Crippen MR) is 91.6 cm³/mol. The molecular weight excluding hydrogens is 417 g/mol. The lowest BCUT2D eigenvalue weighted by molar-refractivity contribution is -0.692. The summed E-state index contributed by atoms with van der Waals surface area (Å²) < 4.78 is 10.4. The van der Waals surface area contributed by atoms with Crippen LogP contribution in [0.1, 0.15) is 52.6 Å². The van der Waals surface area contributed by atoms with Gasteiger partial charge in [0, 0.05) is 17.5 Å². The number of nitrogens with zero attached hydrogens (tertiary/aromatic N) is 5. The number of hydrogen-bond acceptors (Lipinski definition) is 2. The Bertz CT molecular complexity index is 704. The van der Waals surface area contributed by atoms with E-state index in [9.17, 15) is 0 Å². The van der Waals surface area contributed by atoms with Gasteiger partial charge in [0.1, 0.15) is 5.75 Å². The van der Waals surface area contributed by atoms with Gasteiger partial charge in [-0.25, -0.2) is 9.13 Å². The van der Waals surface area contributed by atoms with Crippen LogP contribution >= 0.6 is 0 Å². The summed E-state index contributed by atoms with van der Waals surface area (Å²) in [5.74, 6) is 0.886. The summed E-state index contributed by atoms with van der Waals surface area (Å²) in [4.78, 5) is 2.75. The highest BCUT2D eigenvalue weighted by atomic mass is 127. The standard InChI is InChI=1S/C17H26N5O.HI/c1-13(2)21-12-22(14(3)4)17-11-15(7-8-16(17)21)23-10-6-5-9-19-20-18;/h7-8,11-14H,5-6,9-10H2,1-4H3;1H/q+1;/p-1. The van der Waals surface area contributed by atoms with Gasteiger partial charge in [0.2, 0.25) is 6.33 Å². The molecule has 2 aromatic rings. The van der Waals surface area contributed by atoms with Crippen LogP contribution in [0.25, 0.3) is 21.5 Å². The van der Waals surface area contributed by atoms with Crippen LogP contribution in [0.15, 0.2) is 29.6 Å². The molecule has 0 aliphatic heterocycles. The third kappa shape index (κ3) is 5.01. The van der Waals surface area contributed by atoms with Gasteiger partial charge >= 0.3 is 0 Å². The minimum Gasteiger partial charge on any atom is -1.00 e. The van der Waals surface area contributed by atoms with Crippen LogP contribution in [-0.4, -0.2) is 17.7 Å². The lowest BCUT2D eigenvalue weighted by atomic mass is 10.2. The molecule has 7 heteroatoms. The zero-order valence-corrected chi connectivity index (χ0v) is 17.0. The first-order chi connectivity index (χ1) is 11.0. The van der Waals surface area contributed by atoms with Crippen molar-refractivity contribution in [1.29, 1.82) is 0 Å². The number of aromatic nitrogens is 2. The van der Waals surface area contributed by atoms with E-state index in [0.29, 0.717) is 25.2 Å². The quantitative estimate of drug-likeness (QED) is 0.153. The lowest BCUT2D eigenvalue weighted by Gasteiger charge is -2.06. The van der Waals surface area contributed by atoms with E-state index >= 15 is 0 Å². The van der Waals surface area contributed by atoms with E-state index in [2.05, 4.69) is 65.3 Å². The minimum atomic E-state index is 0. The molecule has 0 saturated heterocycles. The summed E-state index contributed by atoms with van der Waals surface area (Å²) in [6.07, 6.45) is 3.92. The Labute approximate surface area is 160 Å². The molecule has 24 heavy (non-hydrogen) atoms. The smallest absolute Gasteiger partial charge is 0.245 e. The second-order valence-corrected chi connectivity index (χ2v) is 6.28. The van der Waals surface area contributed by atoms with Crippen LogP contribution < -0.4 is 33.3 Å². The number of fused-ring (bicyclic) bond motifs is 1. The Morgan fingerprint density at radius 2 is 2.00 bits per heavy atom. The van der Waals surface area contributed by atoms with Crippen LogP contribution in [0, 0.1) is 0 Å². The van der Waals surface area contributed by atoms with Crippen LogP contribution in [0.2, 0.25) is 0 Å². The summed E-state index contributed by atoms with van der Waals surface area (Å²) in [6.45, 7) is 9.93. The number of unbranched alkanes of at least 4 members (excludes halogenated alkanes) is 1. The highest BCUT2D eigenvalue weighted by molar-refractivity contribution is 5.74. The molecular formula is C17H26IN5O. The molecule has 0 spiro atoms. The number of hydrogen-bond donors (Lipinski definition) is 0. The first-order valence-electron chi connectivity index (χ1n) is 8.24. The SMILES string of the molecule is CC(C)n1c[n+](C(C)C)c2cc(OCCCCN=[N+]=[N-])ccc21.[I-]. The molecule has 0 fully saturated rings. The molecule has 1 aromatic heterocycles. The Morgan fingerprint density at radius 1 is 1.25 bits per heavy atom. The maximum Gasteiger partial charge on any atom is 0.245 e. The van der Waals surface area contributed by atoms with Gasteiger partial charge < -0.3 is 28.7 Å². The number of ether oxygens (including phenoxy) is 1. The van der Waals surface area contributed by atoms with Gasteiger partial charge in [0.05, 0.1) is 18.7 Å². The van der Waals surface area contributed by atoms with Crippen molar-refractivity contribution in [1.82, 2.24) is 4.57 Å². The Balaban J connectivity index is 0.00000288. The van der Waals surface area contributed by atoms with Gasteiger partial charge in [0.25, 0.3) is 0 Å². The lowest BCUT2D eigenvalue weighted by Crippen LogP contribution is -3.00. The zero-order chi connectivity index (χ0) is 16.8. The number of imidazole rings is 1. The fourth-order valence-corrected chi connectivity index (χ4v) is 2.62. The van der Waals surface area contributed by atoms with E-state index in [0.717, 1.165) is 18.6 Å². The number of rotatable bonds is 8. The van der Waals surface area contributed by atoms with Crippen molar-refractivity contribution < 1.29 is 33.3 Å². The molecule has 0 aliphatic rings. The van der Waals surface area contributed by atoms with E-state index in [1.165, 1.54) is 11.0 Å². The van der Waals surface area contributed by atoms with Crippen molar-refractivity contribution >= 4 is 11.0 Å². The molecule has 6 nitrogen and oxygen atoms in total. The molecule has 0 amide bonds.